The summed E-state index contributed by atoms with van der Waals surface area (Å²) in [6.45, 7) is 2.22. The molecule has 1 rings (SSSR count). The molecule has 23 heavy (non-hydrogen) atoms. The summed E-state index contributed by atoms with van der Waals surface area (Å²) in [5.74, 6) is -0.415. The van der Waals surface area contributed by atoms with Crippen LogP contribution in [-0.4, -0.2) is 48.4 Å². The lowest BCUT2D eigenvalue weighted by atomic mass is 10.1. The van der Waals surface area contributed by atoms with Gasteiger partial charge in [0.15, 0.2) is 6.29 Å². The summed E-state index contributed by atoms with van der Waals surface area (Å²) in [6.07, 6.45) is -1.28. The van der Waals surface area contributed by atoms with E-state index in [-0.39, 0.29) is 36.5 Å². The third-order valence-corrected chi connectivity index (χ3v) is 3.04. The summed E-state index contributed by atoms with van der Waals surface area (Å²) in [5.41, 5.74) is 0.520. The van der Waals surface area contributed by atoms with E-state index in [0.29, 0.717) is 11.5 Å². The van der Waals surface area contributed by atoms with Gasteiger partial charge in [0.25, 0.3) is 0 Å². The van der Waals surface area contributed by atoms with Crippen LogP contribution in [0.5, 0.6) is 0 Å². The molecular weight excluding hydrogens is 340 g/mol. The second kappa shape index (κ2) is 10.5. The van der Waals surface area contributed by atoms with Crippen molar-refractivity contribution < 1.29 is 28.9 Å². The van der Waals surface area contributed by atoms with Gasteiger partial charge < -0.3 is 19.3 Å². The maximum Gasteiger partial charge on any atom is 0.338 e. The minimum atomic E-state index is -1.28. The summed E-state index contributed by atoms with van der Waals surface area (Å²) < 4.78 is 15.1. The zero-order valence-electron chi connectivity index (χ0n) is 12.7. The Morgan fingerprint density at radius 1 is 1.04 bits per heavy atom. The second-order valence-electron chi connectivity index (χ2n) is 4.37. The number of ether oxygens (including phenoxy) is 3. The number of esters is 2. The lowest BCUT2D eigenvalue weighted by Crippen LogP contribution is -2.13. The lowest BCUT2D eigenvalue weighted by molar-refractivity contribution is -0.0969. The smallest absolute Gasteiger partial charge is 0.338 e. The highest BCUT2D eigenvalue weighted by molar-refractivity contribution is 7.80. The number of hydrogen-bond acceptors (Lipinski definition) is 8. The van der Waals surface area contributed by atoms with Gasteiger partial charge in [-0.2, -0.15) is 25.3 Å². The summed E-state index contributed by atoms with van der Waals surface area (Å²) >= 11 is 7.95. The van der Waals surface area contributed by atoms with E-state index < -0.39 is 18.2 Å². The number of aliphatic hydroxyl groups is 1. The first-order chi connectivity index (χ1) is 11.0. The van der Waals surface area contributed by atoms with E-state index in [9.17, 15) is 14.7 Å². The van der Waals surface area contributed by atoms with Crippen molar-refractivity contribution in [2.45, 2.75) is 13.2 Å². The predicted octanol–water partition coefficient (Wildman–Crippen LogP) is 1.89. The van der Waals surface area contributed by atoms with E-state index in [4.69, 9.17) is 14.2 Å². The van der Waals surface area contributed by atoms with Crippen molar-refractivity contribution in [3.05, 3.63) is 34.9 Å². The van der Waals surface area contributed by atoms with Gasteiger partial charge in [-0.3, -0.25) is 0 Å². The van der Waals surface area contributed by atoms with Gasteiger partial charge in [0.05, 0.1) is 24.3 Å². The second-order valence-corrected chi connectivity index (χ2v) is 5.26. The van der Waals surface area contributed by atoms with Gasteiger partial charge in [0.2, 0.25) is 0 Å². The predicted molar refractivity (Wildman–Crippen MR) is 91.3 cm³/mol. The number of benzene rings is 1. The summed E-state index contributed by atoms with van der Waals surface area (Å²) in [5, 5.41) is 10.00. The van der Waals surface area contributed by atoms with Crippen LogP contribution < -0.4 is 0 Å². The van der Waals surface area contributed by atoms with Gasteiger partial charge >= 0.3 is 11.9 Å². The average Bonchev–Trinajstić information content (AvgIpc) is 2.57. The largest absolute Gasteiger partial charge is 0.462 e. The zero-order chi connectivity index (χ0) is 17.2. The number of carbonyl (C=O) groups is 2. The normalized spacial score (nSPS) is 11.8. The monoisotopic (exact) mass is 360 g/mol. The fourth-order valence-electron chi connectivity index (χ4n) is 1.73. The number of rotatable bonds is 9. The van der Waals surface area contributed by atoms with Crippen molar-refractivity contribution in [3.8, 4) is 0 Å². The van der Waals surface area contributed by atoms with Gasteiger partial charge in [-0.05, 0) is 25.1 Å². The van der Waals surface area contributed by atoms with E-state index >= 15 is 0 Å². The van der Waals surface area contributed by atoms with Crippen LogP contribution in [0.15, 0.2) is 18.2 Å². The van der Waals surface area contributed by atoms with Crippen molar-refractivity contribution in [3.63, 3.8) is 0 Å². The zero-order valence-corrected chi connectivity index (χ0v) is 14.5. The molecule has 0 aromatic heterocycles. The van der Waals surface area contributed by atoms with E-state index in [2.05, 4.69) is 25.3 Å². The van der Waals surface area contributed by atoms with Crippen LogP contribution in [-0.2, 0) is 14.2 Å². The first kappa shape index (κ1) is 19.8. The molecule has 128 valence electrons. The number of thiol groups is 2. The van der Waals surface area contributed by atoms with E-state index in [1.807, 2.05) is 0 Å². The third-order valence-electron chi connectivity index (χ3n) is 2.68. The highest BCUT2D eigenvalue weighted by atomic mass is 32.1. The van der Waals surface area contributed by atoms with Gasteiger partial charge in [-0.1, -0.05) is 0 Å². The number of hydrogen-bond donors (Lipinski definition) is 3. The van der Waals surface area contributed by atoms with Crippen molar-refractivity contribution >= 4 is 37.2 Å². The molecule has 6 nitrogen and oxygen atoms in total. The Morgan fingerprint density at radius 2 is 1.61 bits per heavy atom. The summed E-state index contributed by atoms with van der Waals surface area (Å²) in [4.78, 5) is 23.9. The highest BCUT2D eigenvalue weighted by Gasteiger charge is 2.18. The minimum absolute atomic E-state index is 0.126. The molecule has 0 heterocycles. The molecule has 0 aliphatic carbocycles. The molecule has 0 aliphatic heterocycles. The van der Waals surface area contributed by atoms with Crippen LogP contribution in [0.4, 0.5) is 0 Å². The number of carbonyl (C=O) groups excluding carboxylic acids is 2. The van der Waals surface area contributed by atoms with Crippen molar-refractivity contribution in [2.75, 3.05) is 31.3 Å². The van der Waals surface area contributed by atoms with Gasteiger partial charge in [0.1, 0.15) is 6.61 Å². The van der Waals surface area contributed by atoms with E-state index in [1.54, 1.807) is 6.92 Å². The highest BCUT2D eigenvalue weighted by Crippen LogP contribution is 2.20. The molecule has 0 bridgehead atoms. The third kappa shape index (κ3) is 6.42. The van der Waals surface area contributed by atoms with Gasteiger partial charge in [-0.25, -0.2) is 9.59 Å². The quantitative estimate of drug-likeness (QED) is 0.354. The topological polar surface area (TPSA) is 82.1 Å². The van der Waals surface area contributed by atoms with Crippen LogP contribution in [0.3, 0.4) is 0 Å². The Bertz CT molecular complexity index is 535. The molecule has 1 aromatic rings. The Morgan fingerprint density at radius 3 is 2.13 bits per heavy atom. The Kier molecular flexibility index (Phi) is 9.08. The van der Waals surface area contributed by atoms with E-state index in [0.717, 1.165) is 0 Å². The maximum absolute atomic E-state index is 12.0. The average molecular weight is 360 g/mol. The van der Waals surface area contributed by atoms with Crippen LogP contribution in [0.2, 0.25) is 0 Å². The maximum atomic E-state index is 12.0. The molecule has 1 N–H and O–H groups in total. The fraction of sp³-hybridized carbons (Fsp3) is 0.467. The molecular formula is C15H20O6S2. The Balaban J connectivity index is 3.10. The molecule has 0 amide bonds. The van der Waals surface area contributed by atoms with Gasteiger partial charge in [-0.15, -0.1) is 0 Å². The van der Waals surface area contributed by atoms with Gasteiger partial charge in [0, 0.05) is 17.1 Å². The van der Waals surface area contributed by atoms with Crippen molar-refractivity contribution in [2.24, 2.45) is 0 Å². The number of aliphatic hydroxyl groups excluding tert-OH is 1. The molecule has 0 spiro atoms. The van der Waals surface area contributed by atoms with E-state index in [1.165, 1.54) is 18.2 Å². The van der Waals surface area contributed by atoms with Crippen LogP contribution >= 0.6 is 25.3 Å². The van der Waals surface area contributed by atoms with Crippen molar-refractivity contribution in [1.29, 1.82) is 0 Å². The molecule has 0 aliphatic rings. The molecule has 0 fully saturated rings. The fourth-order valence-corrected chi connectivity index (χ4v) is 1.92. The van der Waals surface area contributed by atoms with Crippen LogP contribution in [0.25, 0.3) is 0 Å². The summed E-state index contributed by atoms with van der Waals surface area (Å²) in [6, 6.07) is 4.18. The molecule has 0 saturated carbocycles. The molecule has 1 aromatic carbocycles. The molecule has 0 saturated heterocycles. The first-order valence-corrected chi connectivity index (χ1v) is 8.30. The molecule has 1 atom stereocenters. The molecule has 8 heteroatoms. The Hall–Kier alpha value is -1.22. The Labute approximate surface area is 145 Å². The van der Waals surface area contributed by atoms with Crippen LogP contribution in [0.1, 0.15) is 39.5 Å². The molecule has 1 unspecified atom stereocenters. The molecule has 0 radical (unpaired) electrons. The first-order valence-electron chi connectivity index (χ1n) is 7.04. The SMILES string of the molecule is CCOC(=O)c1cc(C(=O)OCCS)cc(C(O)OCCS)c1. The van der Waals surface area contributed by atoms with Crippen molar-refractivity contribution in [1.82, 2.24) is 0 Å². The van der Waals surface area contributed by atoms with Crippen LogP contribution in [0, 0.1) is 0 Å². The minimum Gasteiger partial charge on any atom is -0.462 e. The summed E-state index contributed by atoms with van der Waals surface area (Å²) in [7, 11) is 0. The lowest BCUT2D eigenvalue weighted by Gasteiger charge is -2.14. The standard InChI is InChI=1S/C15H20O6S2/c1-2-19-13(16)10-7-11(14(17)20-3-5-22)9-12(8-10)15(18)21-4-6-23/h7-9,14,17,22-23H,2-6H2,1H3.